The summed E-state index contributed by atoms with van der Waals surface area (Å²) in [6.07, 6.45) is 4.96. The number of nitrogens with zero attached hydrogens (tertiary/aromatic N) is 3. The number of hydrogen-bond donors (Lipinski definition) is 1. The Kier molecular flexibility index (Phi) is 4.01. The van der Waals surface area contributed by atoms with E-state index in [0.717, 1.165) is 18.5 Å². The van der Waals surface area contributed by atoms with Crippen LogP contribution in [0.3, 0.4) is 0 Å². The molecule has 2 aromatic rings. The molecule has 1 fully saturated rings. The average molecular weight is 303 g/mol. The first kappa shape index (κ1) is 13.8. The molecule has 1 aliphatic heterocycles. The number of piperidine rings is 1. The van der Waals surface area contributed by atoms with E-state index in [-0.39, 0.29) is 11.9 Å². The fourth-order valence-electron chi connectivity index (χ4n) is 2.45. The van der Waals surface area contributed by atoms with E-state index >= 15 is 0 Å². The van der Waals surface area contributed by atoms with Gasteiger partial charge in [-0.2, -0.15) is 0 Å². The number of halogens is 1. The molecule has 0 saturated carbocycles. The first-order valence-corrected chi connectivity index (χ1v) is 7.23. The molecule has 0 aliphatic carbocycles. The number of anilines is 2. The fourth-order valence-corrected chi connectivity index (χ4v) is 2.69. The fraction of sp³-hybridized carbons (Fsp3) is 0.267. The van der Waals surface area contributed by atoms with Crippen molar-refractivity contribution in [2.45, 2.75) is 18.9 Å². The van der Waals surface area contributed by atoms with Crippen LogP contribution in [0.2, 0.25) is 5.02 Å². The van der Waals surface area contributed by atoms with Crippen LogP contribution >= 0.6 is 11.6 Å². The molecule has 1 atom stereocenters. The summed E-state index contributed by atoms with van der Waals surface area (Å²) < 4.78 is 0. The summed E-state index contributed by atoms with van der Waals surface area (Å²) in [4.78, 5) is 22.6. The molecule has 21 heavy (non-hydrogen) atoms. The third-order valence-electron chi connectivity index (χ3n) is 3.45. The summed E-state index contributed by atoms with van der Waals surface area (Å²) in [5, 5.41) is 3.68. The van der Waals surface area contributed by atoms with Crippen molar-refractivity contribution in [1.29, 1.82) is 0 Å². The van der Waals surface area contributed by atoms with Gasteiger partial charge in [-0.3, -0.25) is 4.79 Å². The Balaban J connectivity index is 1.79. The predicted octanol–water partition coefficient (Wildman–Crippen LogP) is 2.74. The van der Waals surface area contributed by atoms with E-state index in [2.05, 4.69) is 15.3 Å². The molecule has 6 heteroatoms. The number of carbonyl (C=O) groups is 1. The Morgan fingerprint density at radius 1 is 1.19 bits per heavy atom. The van der Waals surface area contributed by atoms with Crippen molar-refractivity contribution in [3.8, 4) is 0 Å². The summed E-state index contributed by atoms with van der Waals surface area (Å²) in [6, 6.07) is 8.81. The maximum Gasteiger partial charge on any atom is 0.249 e. The number of aromatic nitrogens is 2. The van der Waals surface area contributed by atoms with Crippen molar-refractivity contribution in [3.63, 3.8) is 0 Å². The van der Waals surface area contributed by atoms with Gasteiger partial charge in [0.2, 0.25) is 11.9 Å². The highest BCUT2D eigenvalue weighted by Gasteiger charge is 2.30. The number of rotatable bonds is 3. The second kappa shape index (κ2) is 6.10. The van der Waals surface area contributed by atoms with E-state index in [1.165, 1.54) is 0 Å². The summed E-state index contributed by atoms with van der Waals surface area (Å²) in [6.45, 7) is 0.677. The highest BCUT2D eigenvalue weighted by atomic mass is 35.5. The zero-order chi connectivity index (χ0) is 14.7. The van der Waals surface area contributed by atoms with Crippen molar-refractivity contribution in [2.24, 2.45) is 0 Å². The van der Waals surface area contributed by atoms with E-state index in [4.69, 9.17) is 11.6 Å². The summed E-state index contributed by atoms with van der Waals surface area (Å²) in [7, 11) is 0. The topological polar surface area (TPSA) is 58.1 Å². The summed E-state index contributed by atoms with van der Waals surface area (Å²) in [5.41, 5.74) is 0.754. The molecule has 1 amide bonds. The molecule has 0 spiro atoms. The quantitative estimate of drug-likeness (QED) is 0.947. The highest BCUT2D eigenvalue weighted by molar-refractivity contribution is 6.33. The smallest absolute Gasteiger partial charge is 0.249 e. The zero-order valence-electron chi connectivity index (χ0n) is 11.4. The normalized spacial score (nSPS) is 18.6. The number of nitrogens with one attached hydrogen (secondary N) is 1. The molecule has 0 bridgehead atoms. The lowest BCUT2D eigenvalue weighted by atomic mass is 10.0. The molecule has 0 unspecified atom stereocenters. The molecule has 5 nitrogen and oxygen atoms in total. The number of amides is 1. The lowest BCUT2D eigenvalue weighted by molar-refractivity contribution is -0.120. The molecule has 1 N–H and O–H groups in total. The van der Waals surface area contributed by atoms with Crippen LogP contribution in [-0.2, 0) is 4.79 Å². The second-order valence-electron chi connectivity index (χ2n) is 4.85. The largest absolute Gasteiger partial charge is 0.342 e. The first-order chi connectivity index (χ1) is 10.3. The Bertz CT molecular complexity index is 635. The minimum absolute atomic E-state index is 0.00167. The monoisotopic (exact) mass is 302 g/mol. The van der Waals surface area contributed by atoms with Crippen LogP contribution in [0.1, 0.15) is 12.8 Å². The molecule has 1 saturated heterocycles. The van der Waals surface area contributed by atoms with Gasteiger partial charge in [0, 0.05) is 18.9 Å². The molecule has 3 rings (SSSR count). The molecule has 1 aliphatic rings. The van der Waals surface area contributed by atoms with Gasteiger partial charge in [0.25, 0.3) is 0 Å². The van der Waals surface area contributed by atoms with Crippen LogP contribution in [0.4, 0.5) is 11.6 Å². The van der Waals surface area contributed by atoms with E-state index in [1.54, 1.807) is 29.4 Å². The van der Waals surface area contributed by atoms with E-state index in [1.807, 2.05) is 18.2 Å². The van der Waals surface area contributed by atoms with Crippen LogP contribution in [0, 0.1) is 0 Å². The van der Waals surface area contributed by atoms with Crippen LogP contribution in [0.25, 0.3) is 0 Å². The standard InChI is InChI=1S/C15H15ClN4O/c16-11-5-1-2-7-13(11)20-10-3-6-12(14(20)21)19-15-17-8-4-9-18-15/h1-2,4-5,7-9,12H,3,6,10H2,(H,17,18,19)/t12-/m1/s1. The third-order valence-corrected chi connectivity index (χ3v) is 3.77. The number of benzene rings is 1. The molecule has 2 heterocycles. The molecule has 1 aromatic carbocycles. The second-order valence-corrected chi connectivity index (χ2v) is 5.26. The van der Waals surface area contributed by atoms with Gasteiger partial charge in [0.05, 0.1) is 10.7 Å². The van der Waals surface area contributed by atoms with Crippen LogP contribution in [0.15, 0.2) is 42.7 Å². The van der Waals surface area contributed by atoms with Crippen LogP contribution < -0.4 is 10.2 Å². The van der Waals surface area contributed by atoms with Crippen molar-refractivity contribution >= 4 is 29.1 Å². The predicted molar refractivity (Wildman–Crippen MR) is 82.5 cm³/mol. The maximum atomic E-state index is 12.6. The minimum atomic E-state index is -0.322. The van der Waals surface area contributed by atoms with Crippen molar-refractivity contribution in [1.82, 2.24) is 9.97 Å². The lowest BCUT2D eigenvalue weighted by Gasteiger charge is -2.33. The van der Waals surface area contributed by atoms with E-state index in [0.29, 0.717) is 17.5 Å². The van der Waals surface area contributed by atoms with Gasteiger partial charge in [0.15, 0.2) is 0 Å². The molecular weight excluding hydrogens is 288 g/mol. The SMILES string of the molecule is O=C1[C@H](Nc2ncccn2)CCCN1c1ccccc1Cl. The van der Waals surface area contributed by atoms with E-state index < -0.39 is 0 Å². The molecular formula is C15H15ClN4O. The van der Waals surface area contributed by atoms with Gasteiger partial charge in [-0.05, 0) is 31.0 Å². The van der Waals surface area contributed by atoms with Crippen molar-refractivity contribution < 1.29 is 4.79 Å². The lowest BCUT2D eigenvalue weighted by Crippen LogP contribution is -2.48. The Morgan fingerprint density at radius 3 is 2.71 bits per heavy atom. The van der Waals surface area contributed by atoms with Gasteiger partial charge in [-0.15, -0.1) is 0 Å². The average Bonchev–Trinajstić information content (AvgIpc) is 2.51. The van der Waals surface area contributed by atoms with Gasteiger partial charge in [-0.1, -0.05) is 23.7 Å². The van der Waals surface area contributed by atoms with Gasteiger partial charge in [-0.25, -0.2) is 9.97 Å². The van der Waals surface area contributed by atoms with Gasteiger partial charge < -0.3 is 10.2 Å². The maximum absolute atomic E-state index is 12.6. The Hall–Kier alpha value is -2.14. The van der Waals surface area contributed by atoms with Crippen molar-refractivity contribution in [2.75, 3.05) is 16.8 Å². The third kappa shape index (κ3) is 2.97. The van der Waals surface area contributed by atoms with Crippen LogP contribution in [0.5, 0.6) is 0 Å². The summed E-state index contributed by atoms with van der Waals surface area (Å²) in [5.74, 6) is 0.471. The number of para-hydroxylation sites is 1. The molecule has 0 radical (unpaired) electrons. The number of carbonyl (C=O) groups excluding carboxylic acids is 1. The minimum Gasteiger partial charge on any atom is -0.342 e. The van der Waals surface area contributed by atoms with E-state index in [9.17, 15) is 4.79 Å². The van der Waals surface area contributed by atoms with Gasteiger partial charge >= 0.3 is 0 Å². The summed E-state index contributed by atoms with van der Waals surface area (Å²) >= 11 is 6.19. The number of hydrogen-bond acceptors (Lipinski definition) is 4. The highest BCUT2D eigenvalue weighted by Crippen LogP contribution is 2.29. The zero-order valence-corrected chi connectivity index (χ0v) is 12.1. The Labute approximate surface area is 128 Å². The molecule has 108 valence electrons. The van der Waals surface area contributed by atoms with Gasteiger partial charge in [0.1, 0.15) is 6.04 Å². The molecule has 1 aromatic heterocycles. The Morgan fingerprint density at radius 2 is 1.95 bits per heavy atom. The first-order valence-electron chi connectivity index (χ1n) is 6.85. The van der Waals surface area contributed by atoms with Crippen molar-refractivity contribution in [3.05, 3.63) is 47.7 Å². The van der Waals surface area contributed by atoms with Crippen LogP contribution in [-0.4, -0.2) is 28.5 Å².